The number of esters is 1. The van der Waals surface area contributed by atoms with Crippen molar-refractivity contribution in [3.05, 3.63) is 93.8 Å². The van der Waals surface area contributed by atoms with Gasteiger partial charge < -0.3 is 32.8 Å². The second kappa shape index (κ2) is 14.8. The first kappa shape index (κ1) is 37.9. The van der Waals surface area contributed by atoms with Gasteiger partial charge in [-0.2, -0.15) is 0 Å². The van der Waals surface area contributed by atoms with Crippen LogP contribution in [0.4, 0.5) is 25.0 Å². The summed E-state index contributed by atoms with van der Waals surface area (Å²) < 4.78 is 63.2. The summed E-state index contributed by atoms with van der Waals surface area (Å²) in [5.41, 5.74) is 0.853. The number of nitrogens with zero attached hydrogens (tertiary/aromatic N) is 3. The molecule has 1 aliphatic carbocycles. The number of aromatic nitrogens is 1. The minimum Gasteiger partial charge on any atom is -0.490 e. The lowest BCUT2D eigenvalue weighted by Gasteiger charge is -2.35. The third kappa shape index (κ3) is 7.36. The molecule has 0 N–H and O–H groups in total. The number of pyridine rings is 1. The van der Waals surface area contributed by atoms with Crippen molar-refractivity contribution in [2.75, 3.05) is 36.1 Å². The summed E-state index contributed by atoms with van der Waals surface area (Å²) in [7, 11) is -1.07. The van der Waals surface area contributed by atoms with Gasteiger partial charge in [0.15, 0.2) is 23.1 Å². The van der Waals surface area contributed by atoms with E-state index in [1.54, 1.807) is 6.07 Å². The van der Waals surface area contributed by atoms with Crippen LogP contribution in [0.15, 0.2) is 65.6 Å². The van der Waals surface area contributed by atoms with E-state index in [1.807, 2.05) is 73.7 Å². The van der Waals surface area contributed by atoms with E-state index in [1.165, 1.54) is 29.3 Å². The molecule has 1 amide bonds. The van der Waals surface area contributed by atoms with Crippen molar-refractivity contribution in [3.63, 3.8) is 0 Å². The fourth-order valence-corrected chi connectivity index (χ4v) is 9.09. The SMILES string of the molecule is C[Si](C)OC([C@H]1CN(c2ccc(OC[C@H]3C[C@H]4COc5c(c(F)cc6c(=O)c(C(=O)OCc7ccccc7)cn(C7CC7)c56)N4C3)c(F)c2)C(=O)O1)C(C)(C)C. The maximum atomic E-state index is 16.2. The zero-order valence-corrected chi connectivity index (χ0v) is 33.2. The number of hydrogen-bond acceptors (Lipinski definition) is 9. The van der Waals surface area contributed by atoms with Crippen LogP contribution < -0.4 is 24.7 Å². The minimum atomic E-state index is -1.07. The van der Waals surface area contributed by atoms with E-state index in [9.17, 15) is 14.4 Å². The Bertz CT molecular complexity index is 2220. The van der Waals surface area contributed by atoms with Crippen LogP contribution in [0.3, 0.4) is 0 Å². The molecule has 2 saturated heterocycles. The lowest BCUT2D eigenvalue weighted by atomic mass is 9.86. The Kier molecular flexibility index (Phi) is 10.1. The van der Waals surface area contributed by atoms with Gasteiger partial charge in [-0.05, 0) is 61.5 Å². The monoisotopic (exact) mass is 786 g/mol. The van der Waals surface area contributed by atoms with Gasteiger partial charge in [-0.1, -0.05) is 51.1 Å². The molecule has 14 heteroatoms. The van der Waals surface area contributed by atoms with Crippen molar-refractivity contribution in [2.45, 2.75) is 84.0 Å². The normalized spacial score (nSPS) is 21.1. The third-order valence-electron chi connectivity index (χ3n) is 10.9. The van der Waals surface area contributed by atoms with E-state index in [0.29, 0.717) is 24.2 Å². The quantitative estimate of drug-likeness (QED) is 0.112. The zero-order chi connectivity index (χ0) is 39.5. The van der Waals surface area contributed by atoms with E-state index in [-0.39, 0.29) is 84.0 Å². The summed E-state index contributed by atoms with van der Waals surface area (Å²) >= 11 is 0. The molecule has 8 rings (SSSR count). The van der Waals surface area contributed by atoms with E-state index in [0.717, 1.165) is 18.4 Å². The maximum Gasteiger partial charge on any atom is 0.414 e. The summed E-state index contributed by atoms with van der Waals surface area (Å²) in [4.78, 5) is 43.2. The number of amides is 1. The van der Waals surface area contributed by atoms with E-state index < -0.39 is 44.3 Å². The number of cyclic esters (lactones) is 1. The van der Waals surface area contributed by atoms with Crippen LogP contribution in [0.1, 0.15) is 62.0 Å². The van der Waals surface area contributed by atoms with Gasteiger partial charge in [0.1, 0.15) is 30.6 Å². The molecule has 0 bridgehead atoms. The molecule has 1 unspecified atom stereocenters. The molecule has 4 aliphatic rings. The number of ether oxygens (including phenoxy) is 4. The molecule has 56 heavy (non-hydrogen) atoms. The molecule has 3 aromatic carbocycles. The summed E-state index contributed by atoms with van der Waals surface area (Å²) in [6.45, 7) is 11.3. The molecular formula is C42H46F2N3O8Si. The van der Waals surface area contributed by atoms with E-state index in [4.69, 9.17) is 23.4 Å². The first-order valence-corrected chi connectivity index (χ1v) is 21.6. The number of anilines is 2. The predicted molar refractivity (Wildman–Crippen MR) is 208 cm³/mol. The van der Waals surface area contributed by atoms with E-state index >= 15 is 8.78 Å². The van der Waals surface area contributed by atoms with Gasteiger partial charge in [0, 0.05) is 30.8 Å². The first-order valence-electron chi connectivity index (χ1n) is 19.2. The second-order valence-corrected chi connectivity index (χ2v) is 18.5. The molecule has 1 saturated carbocycles. The molecule has 295 valence electrons. The fraction of sp³-hybridized carbons (Fsp3) is 0.452. The molecule has 0 spiro atoms. The maximum absolute atomic E-state index is 16.2. The lowest BCUT2D eigenvalue weighted by molar-refractivity contribution is -0.0143. The standard InChI is InChI=1S/C42H46F2N3O8Si/c1-42(2,3)39(55-56(4)5)34-20-47(41(50)54-34)27-13-14-33(31(43)16-27)51-22-25-15-28-23-52-38-35-29(17-32(44)36(38)45(28)18-25)37(48)30(19-46(35)26-11-12-26)40(49)53-21-24-9-7-6-8-10-24/h6-10,13-14,16-17,19,25-26,28,34,39H,11-12,15,18,20-23H2,1-5H3/t25-,28-,34+,39?/m0/s1. The smallest absolute Gasteiger partial charge is 0.414 e. The Balaban J connectivity index is 0.970. The zero-order valence-electron chi connectivity index (χ0n) is 32.2. The summed E-state index contributed by atoms with van der Waals surface area (Å²) in [6, 6.07) is 14.7. The fourth-order valence-electron chi connectivity index (χ4n) is 8.08. The largest absolute Gasteiger partial charge is 0.490 e. The van der Waals surface area contributed by atoms with Crippen molar-refractivity contribution in [2.24, 2.45) is 11.3 Å². The average molecular weight is 787 g/mol. The van der Waals surface area contributed by atoms with Crippen molar-refractivity contribution in [1.82, 2.24) is 4.57 Å². The predicted octanol–water partition coefficient (Wildman–Crippen LogP) is 7.65. The molecule has 4 heterocycles. The second-order valence-electron chi connectivity index (χ2n) is 16.5. The Hall–Kier alpha value is -4.95. The highest BCUT2D eigenvalue weighted by molar-refractivity contribution is 6.48. The van der Waals surface area contributed by atoms with Crippen molar-refractivity contribution >= 4 is 43.4 Å². The van der Waals surface area contributed by atoms with E-state index in [2.05, 4.69) is 0 Å². The van der Waals surface area contributed by atoms with Gasteiger partial charge in [0.2, 0.25) is 14.5 Å². The highest BCUT2D eigenvalue weighted by Gasteiger charge is 2.44. The highest BCUT2D eigenvalue weighted by atomic mass is 28.3. The minimum absolute atomic E-state index is 0.00458. The molecule has 1 radical (unpaired) electrons. The van der Waals surface area contributed by atoms with Crippen LogP contribution in [0, 0.1) is 23.0 Å². The number of benzene rings is 3. The van der Waals surface area contributed by atoms with Crippen LogP contribution in [0.25, 0.3) is 10.9 Å². The Morgan fingerprint density at radius 3 is 2.46 bits per heavy atom. The van der Waals surface area contributed by atoms with Crippen molar-refractivity contribution < 1.29 is 41.7 Å². The number of carbonyl (C=O) groups excluding carboxylic acids is 2. The Morgan fingerprint density at radius 1 is 1.00 bits per heavy atom. The number of fused-ring (bicyclic) bond motifs is 5. The van der Waals surface area contributed by atoms with Crippen molar-refractivity contribution in [3.8, 4) is 11.5 Å². The highest BCUT2D eigenvalue weighted by Crippen LogP contribution is 2.48. The van der Waals surface area contributed by atoms with Crippen LogP contribution in [0.5, 0.6) is 11.5 Å². The average Bonchev–Trinajstić information content (AvgIpc) is 3.81. The molecule has 11 nitrogen and oxygen atoms in total. The lowest BCUT2D eigenvalue weighted by Crippen LogP contribution is -2.44. The topological polar surface area (TPSA) is 109 Å². The Morgan fingerprint density at radius 2 is 1.77 bits per heavy atom. The molecule has 4 aromatic rings. The molecule has 3 fully saturated rings. The number of halogens is 2. The van der Waals surface area contributed by atoms with Crippen LogP contribution in [-0.2, 0) is 20.5 Å². The number of rotatable bonds is 11. The van der Waals surface area contributed by atoms with Gasteiger partial charge in [-0.3, -0.25) is 9.69 Å². The Labute approximate surface area is 325 Å². The van der Waals surface area contributed by atoms with Gasteiger partial charge >= 0.3 is 12.1 Å². The van der Waals surface area contributed by atoms with Crippen molar-refractivity contribution in [1.29, 1.82) is 0 Å². The van der Waals surface area contributed by atoms with Gasteiger partial charge in [0.25, 0.3) is 0 Å². The molecular weight excluding hydrogens is 741 g/mol. The first-order chi connectivity index (χ1) is 26.8. The number of hydrogen-bond donors (Lipinski definition) is 0. The third-order valence-corrected chi connectivity index (χ3v) is 11.6. The van der Waals surface area contributed by atoms with Crippen LogP contribution >= 0.6 is 0 Å². The molecule has 4 atom stereocenters. The summed E-state index contributed by atoms with van der Waals surface area (Å²) in [6.07, 6.45) is 2.49. The van der Waals surface area contributed by atoms with Crippen LogP contribution in [0.2, 0.25) is 13.1 Å². The number of carbonyl (C=O) groups is 2. The van der Waals surface area contributed by atoms with Crippen LogP contribution in [-0.4, -0.2) is 70.2 Å². The molecule has 3 aliphatic heterocycles. The molecule has 1 aromatic heterocycles. The van der Waals surface area contributed by atoms with Gasteiger partial charge in [-0.15, -0.1) is 0 Å². The summed E-state index contributed by atoms with van der Waals surface area (Å²) in [5, 5.41) is 0.0654. The van der Waals surface area contributed by atoms with Gasteiger partial charge in [-0.25, -0.2) is 18.4 Å². The summed E-state index contributed by atoms with van der Waals surface area (Å²) in [5.74, 6) is -1.76. The van der Waals surface area contributed by atoms with Gasteiger partial charge in [0.05, 0.1) is 41.9 Å².